The molecule has 1 saturated carbocycles. The molecule has 21 heavy (non-hydrogen) atoms. The van der Waals surface area contributed by atoms with Gasteiger partial charge in [-0.2, -0.15) is 11.8 Å². The molecule has 2 N–H and O–H groups in total. The van der Waals surface area contributed by atoms with E-state index in [1.54, 1.807) is 11.8 Å². The molecule has 1 aliphatic carbocycles. The summed E-state index contributed by atoms with van der Waals surface area (Å²) in [6.45, 7) is 2.03. The number of carbonyl (C=O) groups is 2. The van der Waals surface area contributed by atoms with Gasteiger partial charge in [0.25, 0.3) is 0 Å². The maximum atomic E-state index is 12.5. The van der Waals surface area contributed by atoms with Crippen molar-refractivity contribution in [3.63, 3.8) is 0 Å². The Morgan fingerprint density at radius 3 is 2.57 bits per heavy atom. The molecule has 2 rings (SSSR count). The first-order valence-electron chi connectivity index (χ1n) is 8.20. The summed E-state index contributed by atoms with van der Waals surface area (Å²) >= 11 is 1.61. The van der Waals surface area contributed by atoms with Gasteiger partial charge >= 0.3 is 5.97 Å². The van der Waals surface area contributed by atoms with Crippen molar-refractivity contribution in [1.82, 2.24) is 5.32 Å². The topological polar surface area (TPSA) is 66.4 Å². The lowest BCUT2D eigenvalue weighted by Crippen LogP contribution is -2.56. The Bertz CT molecular complexity index is 374. The van der Waals surface area contributed by atoms with Crippen molar-refractivity contribution in [3.8, 4) is 0 Å². The SMILES string of the molecule is CCC(CC1CCCCC1)C(=O)NC1(C(=O)O)CCSC1. The number of hydrogen-bond acceptors (Lipinski definition) is 3. The van der Waals surface area contributed by atoms with Gasteiger partial charge in [-0.1, -0.05) is 39.0 Å². The van der Waals surface area contributed by atoms with Gasteiger partial charge in [-0.15, -0.1) is 0 Å². The number of nitrogens with one attached hydrogen (secondary N) is 1. The van der Waals surface area contributed by atoms with Crippen LogP contribution in [0.15, 0.2) is 0 Å². The Balaban J connectivity index is 1.94. The van der Waals surface area contributed by atoms with Crippen LogP contribution in [-0.2, 0) is 9.59 Å². The molecule has 0 bridgehead atoms. The minimum atomic E-state index is -1.03. The third-order valence-corrected chi connectivity index (χ3v) is 6.19. The maximum absolute atomic E-state index is 12.5. The van der Waals surface area contributed by atoms with E-state index < -0.39 is 11.5 Å². The quantitative estimate of drug-likeness (QED) is 0.791. The first-order valence-corrected chi connectivity index (χ1v) is 9.36. The molecule has 2 aliphatic rings. The molecule has 0 radical (unpaired) electrons. The summed E-state index contributed by atoms with van der Waals surface area (Å²) in [6, 6.07) is 0. The highest BCUT2D eigenvalue weighted by molar-refractivity contribution is 7.99. The summed E-state index contributed by atoms with van der Waals surface area (Å²) < 4.78 is 0. The molecule has 2 fully saturated rings. The lowest BCUT2D eigenvalue weighted by atomic mass is 9.81. The van der Waals surface area contributed by atoms with Crippen LogP contribution in [0.5, 0.6) is 0 Å². The van der Waals surface area contributed by atoms with E-state index in [-0.39, 0.29) is 11.8 Å². The van der Waals surface area contributed by atoms with Crippen LogP contribution in [-0.4, -0.2) is 34.0 Å². The first kappa shape index (κ1) is 16.7. The molecule has 0 aromatic carbocycles. The van der Waals surface area contributed by atoms with Gasteiger partial charge in [-0.25, -0.2) is 4.79 Å². The van der Waals surface area contributed by atoms with E-state index >= 15 is 0 Å². The largest absolute Gasteiger partial charge is 0.479 e. The van der Waals surface area contributed by atoms with Crippen molar-refractivity contribution in [2.45, 2.75) is 63.8 Å². The van der Waals surface area contributed by atoms with E-state index in [9.17, 15) is 14.7 Å². The fourth-order valence-electron chi connectivity index (χ4n) is 3.51. The number of aliphatic carboxylic acids is 1. The highest BCUT2D eigenvalue weighted by atomic mass is 32.2. The molecule has 120 valence electrons. The highest BCUT2D eigenvalue weighted by Gasteiger charge is 2.44. The van der Waals surface area contributed by atoms with Crippen LogP contribution in [0.3, 0.4) is 0 Å². The fourth-order valence-corrected chi connectivity index (χ4v) is 4.83. The third kappa shape index (κ3) is 4.15. The molecule has 1 heterocycles. The van der Waals surface area contributed by atoms with Gasteiger partial charge in [0.15, 0.2) is 0 Å². The molecule has 1 amide bonds. The molecular formula is C16H27NO3S. The van der Waals surface area contributed by atoms with Crippen LogP contribution in [0.4, 0.5) is 0 Å². The van der Waals surface area contributed by atoms with Crippen LogP contribution < -0.4 is 5.32 Å². The van der Waals surface area contributed by atoms with Gasteiger partial charge in [0.1, 0.15) is 5.54 Å². The zero-order chi connectivity index (χ0) is 15.3. The van der Waals surface area contributed by atoms with Crippen molar-refractivity contribution < 1.29 is 14.7 Å². The fraction of sp³-hybridized carbons (Fsp3) is 0.875. The van der Waals surface area contributed by atoms with Gasteiger partial charge < -0.3 is 10.4 Å². The zero-order valence-electron chi connectivity index (χ0n) is 12.9. The summed E-state index contributed by atoms with van der Waals surface area (Å²) in [6.07, 6.45) is 8.58. The van der Waals surface area contributed by atoms with Gasteiger partial charge in [-0.3, -0.25) is 4.79 Å². The Morgan fingerprint density at radius 2 is 2.05 bits per heavy atom. The van der Waals surface area contributed by atoms with Crippen LogP contribution in [0.25, 0.3) is 0 Å². The average Bonchev–Trinajstić information content (AvgIpc) is 2.95. The second-order valence-corrected chi connectivity index (χ2v) is 7.63. The number of carbonyl (C=O) groups excluding carboxylic acids is 1. The molecule has 5 heteroatoms. The molecule has 2 atom stereocenters. The molecule has 1 aliphatic heterocycles. The average molecular weight is 313 g/mol. The normalized spacial score (nSPS) is 28.2. The van der Waals surface area contributed by atoms with Gasteiger partial charge in [0.2, 0.25) is 5.91 Å². The van der Waals surface area contributed by atoms with Crippen LogP contribution >= 0.6 is 11.8 Å². The Morgan fingerprint density at radius 1 is 1.33 bits per heavy atom. The molecule has 0 aromatic heterocycles. The number of rotatable bonds is 6. The van der Waals surface area contributed by atoms with E-state index in [4.69, 9.17) is 0 Å². The lowest BCUT2D eigenvalue weighted by molar-refractivity contribution is -0.147. The van der Waals surface area contributed by atoms with E-state index in [2.05, 4.69) is 5.32 Å². The number of carboxylic acids is 1. The Hall–Kier alpha value is -0.710. The predicted octanol–water partition coefficient (Wildman–Crippen LogP) is 3.06. The van der Waals surface area contributed by atoms with Gasteiger partial charge in [0, 0.05) is 11.7 Å². The number of amides is 1. The number of thioether (sulfide) groups is 1. The van der Waals surface area contributed by atoms with E-state index in [0.29, 0.717) is 18.1 Å². The molecular weight excluding hydrogens is 286 g/mol. The van der Waals surface area contributed by atoms with E-state index in [0.717, 1.165) is 18.6 Å². The predicted molar refractivity (Wildman–Crippen MR) is 85.4 cm³/mol. The Kier molecular flexibility index (Phi) is 5.97. The third-order valence-electron chi connectivity index (χ3n) is 5.00. The van der Waals surface area contributed by atoms with Crippen LogP contribution in [0.1, 0.15) is 58.3 Å². The number of carboxylic acid groups (broad SMARTS) is 1. The first-order chi connectivity index (χ1) is 10.1. The standard InChI is InChI=1S/C16H27NO3S/c1-2-13(10-12-6-4-3-5-7-12)14(18)17-16(15(19)20)8-9-21-11-16/h12-13H,2-11H2,1H3,(H,17,18)(H,19,20). The van der Waals surface area contributed by atoms with Gasteiger partial charge in [0.05, 0.1) is 0 Å². The maximum Gasteiger partial charge on any atom is 0.330 e. The minimum absolute atomic E-state index is 0.0325. The molecule has 0 aromatic rings. The van der Waals surface area contributed by atoms with Crippen molar-refractivity contribution >= 4 is 23.6 Å². The van der Waals surface area contributed by atoms with Crippen molar-refractivity contribution in [3.05, 3.63) is 0 Å². The molecule has 1 saturated heterocycles. The Labute approximate surface area is 131 Å². The minimum Gasteiger partial charge on any atom is -0.479 e. The summed E-state index contributed by atoms with van der Waals surface area (Å²) in [7, 11) is 0. The van der Waals surface area contributed by atoms with E-state index in [1.807, 2.05) is 6.92 Å². The molecule has 4 nitrogen and oxygen atoms in total. The second kappa shape index (κ2) is 7.52. The zero-order valence-corrected chi connectivity index (χ0v) is 13.7. The monoisotopic (exact) mass is 313 g/mol. The second-order valence-electron chi connectivity index (χ2n) is 6.52. The summed E-state index contributed by atoms with van der Waals surface area (Å²) in [5.74, 6) is 0.990. The van der Waals surface area contributed by atoms with Gasteiger partial charge in [-0.05, 0) is 30.9 Å². The highest BCUT2D eigenvalue weighted by Crippen LogP contribution is 2.32. The van der Waals surface area contributed by atoms with Crippen LogP contribution in [0.2, 0.25) is 0 Å². The molecule has 0 spiro atoms. The number of hydrogen-bond donors (Lipinski definition) is 2. The van der Waals surface area contributed by atoms with Crippen molar-refractivity contribution in [2.24, 2.45) is 11.8 Å². The summed E-state index contributed by atoms with van der Waals surface area (Å²) in [5.41, 5.74) is -1.03. The van der Waals surface area contributed by atoms with Crippen molar-refractivity contribution in [1.29, 1.82) is 0 Å². The molecule has 2 unspecified atom stereocenters. The lowest BCUT2D eigenvalue weighted by Gasteiger charge is -2.29. The van der Waals surface area contributed by atoms with E-state index in [1.165, 1.54) is 32.1 Å². The van der Waals surface area contributed by atoms with Crippen LogP contribution in [0, 0.1) is 11.8 Å². The summed E-state index contributed by atoms with van der Waals surface area (Å²) in [4.78, 5) is 24.1. The smallest absolute Gasteiger partial charge is 0.330 e. The van der Waals surface area contributed by atoms with Crippen molar-refractivity contribution in [2.75, 3.05) is 11.5 Å². The summed E-state index contributed by atoms with van der Waals surface area (Å²) in [5, 5.41) is 12.3.